The fourth-order valence-corrected chi connectivity index (χ4v) is 0.948. The summed E-state index contributed by atoms with van der Waals surface area (Å²) >= 11 is 0. The Balaban J connectivity index is 3.84. The molecule has 0 rings (SSSR count). The number of aliphatic hydroxyl groups excluding tert-OH is 3. The fourth-order valence-electron chi connectivity index (χ4n) is 0.948. The van der Waals surface area contributed by atoms with E-state index in [1.165, 1.54) is 0 Å². The zero-order valence-electron chi connectivity index (χ0n) is 7.07. The van der Waals surface area contributed by atoms with Crippen molar-refractivity contribution < 1.29 is 20.1 Å². The van der Waals surface area contributed by atoms with E-state index in [1.807, 2.05) is 0 Å². The van der Waals surface area contributed by atoms with E-state index >= 15 is 0 Å². The predicted octanol–water partition coefficient (Wildman–Crippen LogP) is -0.681. The molecule has 0 unspecified atom stereocenters. The van der Waals surface area contributed by atoms with Crippen LogP contribution in [0.2, 0.25) is 0 Å². The van der Waals surface area contributed by atoms with E-state index in [9.17, 15) is 4.79 Å². The number of hydrogen-bond donors (Lipinski definition) is 3. The minimum Gasteiger partial charge on any atom is -0.396 e. The minimum atomic E-state index is -0.816. The summed E-state index contributed by atoms with van der Waals surface area (Å²) in [7, 11) is 0. The first-order valence-corrected chi connectivity index (χ1v) is 4.01. The van der Waals surface area contributed by atoms with Crippen molar-refractivity contribution >= 4 is 6.29 Å². The summed E-state index contributed by atoms with van der Waals surface area (Å²) in [5.41, 5.74) is -0.816. The van der Waals surface area contributed by atoms with Gasteiger partial charge in [0, 0.05) is 11.8 Å². The highest BCUT2D eigenvalue weighted by Crippen LogP contribution is 2.22. The van der Waals surface area contributed by atoms with Crippen molar-refractivity contribution in [3.8, 4) is 0 Å². The van der Waals surface area contributed by atoms with Gasteiger partial charge in [-0.2, -0.15) is 0 Å². The first-order valence-electron chi connectivity index (χ1n) is 4.01. The summed E-state index contributed by atoms with van der Waals surface area (Å²) in [5, 5.41) is 26.6. The van der Waals surface area contributed by atoms with Crippen molar-refractivity contribution in [2.24, 2.45) is 5.41 Å². The van der Waals surface area contributed by atoms with Crippen molar-refractivity contribution in [2.75, 3.05) is 19.8 Å². The molecule has 0 aliphatic rings. The van der Waals surface area contributed by atoms with Crippen molar-refractivity contribution in [2.45, 2.75) is 19.3 Å². The second-order valence-corrected chi connectivity index (χ2v) is 3.03. The van der Waals surface area contributed by atoms with Gasteiger partial charge >= 0.3 is 0 Å². The van der Waals surface area contributed by atoms with E-state index in [-0.39, 0.29) is 19.8 Å². The van der Waals surface area contributed by atoms with Gasteiger partial charge in [-0.25, -0.2) is 0 Å². The van der Waals surface area contributed by atoms with Gasteiger partial charge in [0.25, 0.3) is 0 Å². The third kappa shape index (κ3) is 3.30. The highest BCUT2D eigenvalue weighted by Gasteiger charge is 2.26. The number of carbonyl (C=O) groups excluding carboxylic acids is 1. The second-order valence-electron chi connectivity index (χ2n) is 3.03. The first-order chi connectivity index (χ1) is 5.74. The van der Waals surface area contributed by atoms with Crippen LogP contribution in [0, 0.1) is 5.41 Å². The number of aldehydes is 1. The molecular weight excluding hydrogens is 160 g/mol. The molecule has 0 radical (unpaired) electrons. The Morgan fingerprint density at radius 1 is 1.08 bits per heavy atom. The lowest BCUT2D eigenvalue weighted by molar-refractivity contribution is -0.108. The molecule has 0 aromatic heterocycles. The van der Waals surface area contributed by atoms with Crippen molar-refractivity contribution in [3.05, 3.63) is 0 Å². The second kappa shape index (κ2) is 6.11. The molecule has 0 saturated carbocycles. The van der Waals surface area contributed by atoms with Gasteiger partial charge in [0.15, 0.2) is 0 Å². The molecule has 0 amide bonds. The number of rotatable bonds is 7. The number of aliphatic hydroxyl groups is 3. The van der Waals surface area contributed by atoms with E-state index in [0.717, 1.165) is 6.29 Å². The summed E-state index contributed by atoms with van der Waals surface area (Å²) < 4.78 is 0. The Hall–Kier alpha value is -0.450. The first kappa shape index (κ1) is 11.6. The fraction of sp³-hybridized carbons (Fsp3) is 0.875. The molecule has 0 spiro atoms. The van der Waals surface area contributed by atoms with E-state index in [1.54, 1.807) is 0 Å². The molecule has 72 valence electrons. The quantitative estimate of drug-likeness (QED) is 0.355. The Labute approximate surface area is 71.8 Å². The van der Waals surface area contributed by atoms with Gasteiger partial charge in [-0.15, -0.1) is 0 Å². The Bertz CT molecular complexity index is 112. The smallest absolute Gasteiger partial charge is 0.119 e. The summed E-state index contributed by atoms with van der Waals surface area (Å²) in [6.45, 7) is -0.753. The van der Waals surface area contributed by atoms with Crippen LogP contribution in [0.25, 0.3) is 0 Å². The van der Waals surface area contributed by atoms with Crippen LogP contribution in [0.1, 0.15) is 19.3 Å². The lowest BCUT2D eigenvalue weighted by Gasteiger charge is -2.26. The average Bonchev–Trinajstić information content (AvgIpc) is 2.14. The topological polar surface area (TPSA) is 77.8 Å². The van der Waals surface area contributed by atoms with Crippen molar-refractivity contribution in [3.63, 3.8) is 0 Å². The van der Waals surface area contributed by atoms with Gasteiger partial charge < -0.3 is 20.1 Å². The maximum atomic E-state index is 9.97. The van der Waals surface area contributed by atoms with Crippen LogP contribution < -0.4 is 0 Å². The molecule has 0 aliphatic carbocycles. The average molecular weight is 176 g/mol. The van der Waals surface area contributed by atoms with Gasteiger partial charge in [-0.1, -0.05) is 0 Å². The van der Waals surface area contributed by atoms with Gasteiger partial charge in [-0.3, -0.25) is 0 Å². The van der Waals surface area contributed by atoms with Crippen LogP contribution in [0.4, 0.5) is 0 Å². The molecule has 0 aromatic rings. The third-order valence-corrected chi connectivity index (χ3v) is 2.04. The molecule has 0 atom stereocenters. The molecule has 0 fully saturated rings. The van der Waals surface area contributed by atoms with Crippen LogP contribution >= 0.6 is 0 Å². The molecule has 3 N–H and O–H groups in total. The van der Waals surface area contributed by atoms with Crippen LogP contribution in [-0.4, -0.2) is 41.4 Å². The molecular formula is C8H16O4. The maximum absolute atomic E-state index is 9.97. The molecule has 4 heteroatoms. The largest absolute Gasteiger partial charge is 0.396 e. The highest BCUT2D eigenvalue weighted by atomic mass is 16.3. The zero-order valence-corrected chi connectivity index (χ0v) is 7.07. The van der Waals surface area contributed by atoms with E-state index in [2.05, 4.69) is 0 Å². The lowest BCUT2D eigenvalue weighted by Crippen LogP contribution is -2.33. The summed E-state index contributed by atoms with van der Waals surface area (Å²) in [6.07, 6.45) is 2.25. The van der Waals surface area contributed by atoms with Gasteiger partial charge in [0.1, 0.15) is 6.29 Å². The van der Waals surface area contributed by atoms with Gasteiger partial charge in [0.05, 0.1) is 19.8 Å². The molecule has 4 nitrogen and oxygen atoms in total. The van der Waals surface area contributed by atoms with Crippen LogP contribution in [-0.2, 0) is 4.79 Å². The zero-order chi connectivity index (χ0) is 9.45. The molecule has 0 aromatic carbocycles. The Morgan fingerprint density at radius 3 is 1.92 bits per heavy atom. The molecule has 0 bridgehead atoms. The van der Waals surface area contributed by atoms with Crippen LogP contribution in [0.15, 0.2) is 0 Å². The predicted molar refractivity (Wildman–Crippen MR) is 43.6 cm³/mol. The summed E-state index contributed by atoms with van der Waals surface area (Å²) in [4.78, 5) is 9.97. The van der Waals surface area contributed by atoms with E-state index in [0.29, 0.717) is 19.3 Å². The Kier molecular flexibility index (Phi) is 5.88. The standard InChI is InChI=1S/C8H16O4/c9-4-2-1-3-8(5-10,6-11)7-12/h4,10-12H,1-3,5-7H2. The maximum Gasteiger partial charge on any atom is 0.119 e. The SMILES string of the molecule is O=CCCCC(CO)(CO)CO. The van der Waals surface area contributed by atoms with E-state index < -0.39 is 5.41 Å². The number of hydrogen-bond acceptors (Lipinski definition) is 4. The van der Waals surface area contributed by atoms with Crippen LogP contribution in [0.3, 0.4) is 0 Å². The number of carbonyl (C=O) groups is 1. The third-order valence-electron chi connectivity index (χ3n) is 2.04. The lowest BCUT2D eigenvalue weighted by atomic mass is 9.85. The van der Waals surface area contributed by atoms with Gasteiger partial charge in [-0.05, 0) is 12.8 Å². The molecule has 12 heavy (non-hydrogen) atoms. The molecule has 0 aliphatic heterocycles. The minimum absolute atomic E-state index is 0.251. The van der Waals surface area contributed by atoms with Crippen molar-refractivity contribution in [1.82, 2.24) is 0 Å². The highest BCUT2D eigenvalue weighted by molar-refractivity contribution is 5.48. The van der Waals surface area contributed by atoms with Crippen LogP contribution in [0.5, 0.6) is 0 Å². The summed E-state index contributed by atoms with van der Waals surface area (Å²) in [6, 6.07) is 0. The molecule has 0 saturated heterocycles. The van der Waals surface area contributed by atoms with E-state index in [4.69, 9.17) is 15.3 Å². The van der Waals surface area contributed by atoms with Gasteiger partial charge in [0.2, 0.25) is 0 Å². The Morgan fingerprint density at radius 2 is 1.58 bits per heavy atom. The monoisotopic (exact) mass is 176 g/mol. The van der Waals surface area contributed by atoms with Crippen molar-refractivity contribution in [1.29, 1.82) is 0 Å². The molecule has 0 heterocycles. The number of unbranched alkanes of at least 4 members (excludes halogenated alkanes) is 1. The normalized spacial score (nSPS) is 11.6. The summed E-state index contributed by atoms with van der Waals surface area (Å²) in [5.74, 6) is 0.